The first-order valence-corrected chi connectivity index (χ1v) is 36.2. The summed E-state index contributed by atoms with van der Waals surface area (Å²) < 4.78 is 17.0. The summed E-state index contributed by atoms with van der Waals surface area (Å²) in [5, 5.41) is 0. The van der Waals surface area contributed by atoms with Crippen LogP contribution < -0.4 is 0 Å². The lowest BCUT2D eigenvalue weighted by molar-refractivity contribution is -0.167. The van der Waals surface area contributed by atoms with E-state index in [0.29, 0.717) is 19.3 Å². The molecule has 0 saturated carbocycles. The van der Waals surface area contributed by atoms with Gasteiger partial charge in [-0.3, -0.25) is 14.4 Å². The Hall–Kier alpha value is -1.85. The first kappa shape index (κ1) is 77.2. The summed E-state index contributed by atoms with van der Waals surface area (Å²) in [4.78, 5) is 38.3. The van der Waals surface area contributed by atoms with Crippen molar-refractivity contribution >= 4 is 17.9 Å². The third-order valence-corrected chi connectivity index (χ3v) is 16.8. The van der Waals surface area contributed by atoms with Gasteiger partial charge in [0.25, 0.3) is 0 Å². The van der Waals surface area contributed by atoms with E-state index in [9.17, 15) is 14.4 Å². The zero-order valence-corrected chi connectivity index (χ0v) is 53.9. The molecule has 0 aromatic rings. The second kappa shape index (κ2) is 68.6. The Morgan fingerprint density at radius 2 is 0.418 bits per heavy atom. The average molecular weight is 1110 g/mol. The summed E-state index contributed by atoms with van der Waals surface area (Å²) in [6.07, 6.45) is 82.7. The van der Waals surface area contributed by atoms with Gasteiger partial charge < -0.3 is 14.2 Å². The Balaban J connectivity index is 4.08. The molecule has 79 heavy (non-hydrogen) atoms. The van der Waals surface area contributed by atoms with Gasteiger partial charge in [0.1, 0.15) is 13.2 Å². The third kappa shape index (κ3) is 66.8. The summed E-state index contributed by atoms with van der Waals surface area (Å²) in [6, 6.07) is 0. The van der Waals surface area contributed by atoms with E-state index in [0.717, 1.165) is 57.8 Å². The number of rotatable bonds is 68. The maximum absolute atomic E-state index is 12.9. The SMILES string of the molecule is CCCCCCCCCC/C=C\CCCCCCCCCCCC(=O)OC(COC(=O)CCCCCCCCCCCC)COC(=O)CCCCCCCCCCCCCCCCCCCCCCCCCCCCCCCC. The van der Waals surface area contributed by atoms with Gasteiger partial charge in [-0.1, -0.05) is 367 Å². The molecule has 6 nitrogen and oxygen atoms in total. The maximum Gasteiger partial charge on any atom is 0.306 e. The van der Waals surface area contributed by atoms with Gasteiger partial charge >= 0.3 is 17.9 Å². The molecular formula is C73H140O6. The van der Waals surface area contributed by atoms with E-state index in [1.807, 2.05) is 0 Å². The van der Waals surface area contributed by atoms with Crippen LogP contribution in [-0.4, -0.2) is 37.2 Å². The summed E-state index contributed by atoms with van der Waals surface area (Å²) in [5.74, 6) is -0.835. The number of unbranched alkanes of at least 4 members (excludes halogenated alkanes) is 55. The number of carbonyl (C=O) groups excluding carboxylic acids is 3. The minimum atomic E-state index is -0.767. The molecule has 1 atom stereocenters. The fraction of sp³-hybridized carbons (Fsp3) is 0.932. The Bertz CT molecular complexity index is 1230. The molecule has 1 unspecified atom stereocenters. The van der Waals surface area contributed by atoms with Crippen molar-refractivity contribution in [2.45, 2.75) is 425 Å². The number of allylic oxidation sites excluding steroid dienone is 2. The molecule has 0 bridgehead atoms. The van der Waals surface area contributed by atoms with Crippen molar-refractivity contribution in [3.8, 4) is 0 Å². The maximum atomic E-state index is 12.9. The highest BCUT2D eigenvalue weighted by molar-refractivity contribution is 5.71. The normalized spacial score (nSPS) is 12.0. The molecular weight excluding hydrogens is 973 g/mol. The number of hydrogen-bond donors (Lipinski definition) is 0. The van der Waals surface area contributed by atoms with E-state index >= 15 is 0 Å². The molecule has 0 radical (unpaired) electrons. The molecule has 0 spiro atoms. The Kier molecular flexibility index (Phi) is 67.0. The third-order valence-electron chi connectivity index (χ3n) is 16.8. The van der Waals surface area contributed by atoms with Crippen molar-refractivity contribution in [1.82, 2.24) is 0 Å². The molecule has 6 heteroatoms. The van der Waals surface area contributed by atoms with Crippen LogP contribution in [0.4, 0.5) is 0 Å². The fourth-order valence-corrected chi connectivity index (χ4v) is 11.3. The lowest BCUT2D eigenvalue weighted by Crippen LogP contribution is -2.30. The minimum absolute atomic E-state index is 0.0642. The van der Waals surface area contributed by atoms with Crippen molar-refractivity contribution in [2.24, 2.45) is 0 Å². The van der Waals surface area contributed by atoms with Gasteiger partial charge in [0, 0.05) is 19.3 Å². The second-order valence-electron chi connectivity index (χ2n) is 24.9. The van der Waals surface area contributed by atoms with Crippen LogP contribution in [0.5, 0.6) is 0 Å². The quantitative estimate of drug-likeness (QED) is 0.0261. The standard InChI is InChI=1S/C73H140O6/c1-4-7-10-13-16-19-22-24-26-28-30-32-33-34-35-36-37-38-39-40-42-43-45-47-49-51-54-57-60-63-66-72(75)78-69-70(68-77-71(74)65-62-59-56-53-21-18-15-12-9-6-3)79-73(76)67-64-61-58-55-52-50-48-46-44-41-31-29-27-25-23-20-17-14-11-8-5-2/h29,31,70H,4-28,30,32-69H2,1-3H3/b31-29-. The monoisotopic (exact) mass is 1110 g/mol. The van der Waals surface area contributed by atoms with Gasteiger partial charge in [0.05, 0.1) is 0 Å². The van der Waals surface area contributed by atoms with Crippen LogP contribution in [0.2, 0.25) is 0 Å². The van der Waals surface area contributed by atoms with Crippen LogP contribution in [0.25, 0.3) is 0 Å². The lowest BCUT2D eigenvalue weighted by Gasteiger charge is -2.18. The van der Waals surface area contributed by atoms with Gasteiger partial charge in [-0.25, -0.2) is 0 Å². The van der Waals surface area contributed by atoms with Gasteiger partial charge in [0.15, 0.2) is 6.10 Å². The van der Waals surface area contributed by atoms with Crippen LogP contribution in [-0.2, 0) is 28.6 Å². The van der Waals surface area contributed by atoms with Crippen molar-refractivity contribution in [3.05, 3.63) is 12.2 Å². The van der Waals surface area contributed by atoms with Crippen LogP contribution >= 0.6 is 0 Å². The average Bonchev–Trinajstić information content (AvgIpc) is 3.45. The predicted molar refractivity (Wildman–Crippen MR) is 344 cm³/mol. The van der Waals surface area contributed by atoms with Gasteiger partial charge in [-0.15, -0.1) is 0 Å². The van der Waals surface area contributed by atoms with E-state index in [-0.39, 0.29) is 31.1 Å². The first-order valence-electron chi connectivity index (χ1n) is 36.2. The number of esters is 3. The van der Waals surface area contributed by atoms with Gasteiger partial charge in [0.2, 0.25) is 0 Å². The zero-order chi connectivity index (χ0) is 57.1. The lowest BCUT2D eigenvalue weighted by atomic mass is 10.0. The second-order valence-corrected chi connectivity index (χ2v) is 24.9. The largest absolute Gasteiger partial charge is 0.462 e. The highest BCUT2D eigenvalue weighted by Crippen LogP contribution is 2.19. The van der Waals surface area contributed by atoms with E-state index in [4.69, 9.17) is 14.2 Å². The molecule has 0 rings (SSSR count). The van der Waals surface area contributed by atoms with Crippen molar-refractivity contribution < 1.29 is 28.6 Å². The Morgan fingerprint density at radius 3 is 0.633 bits per heavy atom. The molecule has 0 aromatic heterocycles. The zero-order valence-electron chi connectivity index (χ0n) is 53.9. The smallest absolute Gasteiger partial charge is 0.306 e. The molecule has 0 aliphatic carbocycles. The van der Waals surface area contributed by atoms with Gasteiger partial charge in [-0.2, -0.15) is 0 Å². The summed E-state index contributed by atoms with van der Waals surface area (Å²) in [7, 11) is 0. The van der Waals surface area contributed by atoms with Crippen molar-refractivity contribution in [1.29, 1.82) is 0 Å². The summed E-state index contributed by atoms with van der Waals surface area (Å²) >= 11 is 0. The number of hydrogen-bond acceptors (Lipinski definition) is 6. The van der Waals surface area contributed by atoms with Crippen LogP contribution in [0, 0.1) is 0 Å². The molecule has 0 N–H and O–H groups in total. The van der Waals surface area contributed by atoms with Crippen LogP contribution in [0.1, 0.15) is 419 Å². The summed E-state index contributed by atoms with van der Waals surface area (Å²) in [6.45, 7) is 6.71. The molecule has 0 heterocycles. The van der Waals surface area contributed by atoms with E-state index in [1.165, 1.54) is 321 Å². The molecule has 0 aliphatic rings. The van der Waals surface area contributed by atoms with Gasteiger partial charge in [-0.05, 0) is 44.9 Å². The van der Waals surface area contributed by atoms with E-state index in [1.54, 1.807) is 0 Å². The molecule has 0 fully saturated rings. The molecule has 468 valence electrons. The van der Waals surface area contributed by atoms with Crippen LogP contribution in [0.15, 0.2) is 12.2 Å². The highest BCUT2D eigenvalue weighted by Gasteiger charge is 2.19. The van der Waals surface area contributed by atoms with E-state index < -0.39 is 6.10 Å². The predicted octanol–water partition coefficient (Wildman–Crippen LogP) is 24.8. The molecule has 0 aliphatic heterocycles. The highest BCUT2D eigenvalue weighted by atomic mass is 16.6. The fourth-order valence-electron chi connectivity index (χ4n) is 11.3. The minimum Gasteiger partial charge on any atom is -0.462 e. The Labute approximate surface area is 494 Å². The number of ether oxygens (including phenoxy) is 3. The van der Waals surface area contributed by atoms with Crippen LogP contribution in [0.3, 0.4) is 0 Å². The van der Waals surface area contributed by atoms with Crippen molar-refractivity contribution in [3.63, 3.8) is 0 Å². The Morgan fingerprint density at radius 1 is 0.241 bits per heavy atom. The molecule has 0 aromatic carbocycles. The van der Waals surface area contributed by atoms with E-state index in [2.05, 4.69) is 32.9 Å². The topological polar surface area (TPSA) is 78.9 Å². The summed E-state index contributed by atoms with van der Waals surface area (Å²) in [5.41, 5.74) is 0. The first-order chi connectivity index (χ1) is 39.0. The van der Waals surface area contributed by atoms with Crippen molar-refractivity contribution in [2.75, 3.05) is 13.2 Å². The molecule has 0 amide bonds. The molecule has 0 saturated heterocycles. The number of carbonyl (C=O) groups is 3.